The van der Waals surface area contributed by atoms with E-state index in [4.69, 9.17) is 11.6 Å². The second kappa shape index (κ2) is 9.59. The molecule has 0 unspecified atom stereocenters. The molecule has 0 atom stereocenters. The van der Waals surface area contributed by atoms with Gasteiger partial charge in [-0.1, -0.05) is 37.1 Å². The van der Waals surface area contributed by atoms with E-state index in [-0.39, 0.29) is 11.8 Å². The number of halogens is 1. The quantitative estimate of drug-likeness (QED) is 0.528. The first-order valence-corrected chi connectivity index (χ1v) is 10.3. The fraction of sp³-hybridized carbons (Fsp3) is 0.261. The summed E-state index contributed by atoms with van der Waals surface area (Å²) in [5.41, 5.74) is 3.65. The second-order valence-corrected chi connectivity index (χ2v) is 7.52. The Balaban J connectivity index is 1.80. The number of aromatic nitrogens is 2. The summed E-state index contributed by atoms with van der Waals surface area (Å²) >= 11 is 5.88. The van der Waals surface area contributed by atoms with Crippen molar-refractivity contribution in [1.29, 1.82) is 0 Å². The molecule has 156 valence electrons. The van der Waals surface area contributed by atoms with Gasteiger partial charge in [-0.15, -0.1) is 0 Å². The highest BCUT2D eigenvalue weighted by Gasteiger charge is 2.18. The molecule has 2 amide bonds. The molecular formula is C23H25ClN4O2. The van der Waals surface area contributed by atoms with Crippen molar-refractivity contribution in [2.45, 2.75) is 40.2 Å². The number of benzene rings is 2. The van der Waals surface area contributed by atoms with E-state index < -0.39 is 0 Å². The van der Waals surface area contributed by atoms with E-state index in [9.17, 15) is 9.59 Å². The van der Waals surface area contributed by atoms with Gasteiger partial charge in [-0.25, -0.2) is 0 Å². The molecule has 3 rings (SSSR count). The number of para-hydroxylation sites is 1. The Labute approximate surface area is 181 Å². The van der Waals surface area contributed by atoms with Crippen LogP contribution in [0.3, 0.4) is 0 Å². The van der Waals surface area contributed by atoms with Crippen molar-refractivity contribution in [1.82, 2.24) is 9.78 Å². The van der Waals surface area contributed by atoms with E-state index in [1.807, 2.05) is 18.5 Å². The molecule has 7 heteroatoms. The molecule has 0 spiro atoms. The molecule has 1 aromatic heterocycles. The summed E-state index contributed by atoms with van der Waals surface area (Å²) in [5, 5.41) is 10.9. The fourth-order valence-corrected chi connectivity index (χ4v) is 3.30. The predicted molar refractivity (Wildman–Crippen MR) is 120 cm³/mol. The number of rotatable bonds is 7. The smallest absolute Gasteiger partial charge is 0.257 e. The lowest BCUT2D eigenvalue weighted by Crippen LogP contribution is -2.18. The average molecular weight is 425 g/mol. The van der Waals surface area contributed by atoms with Gasteiger partial charge in [0.15, 0.2) is 0 Å². The molecule has 0 aliphatic heterocycles. The number of unbranched alkanes of at least 4 members (excludes halogenated alkanes) is 1. The van der Waals surface area contributed by atoms with E-state index in [1.54, 1.807) is 48.5 Å². The molecule has 0 aliphatic carbocycles. The summed E-state index contributed by atoms with van der Waals surface area (Å²) in [5.74, 6) is -0.616. The van der Waals surface area contributed by atoms with Crippen molar-refractivity contribution in [3.05, 3.63) is 76.1 Å². The Morgan fingerprint density at radius 1 is 1.00 bits per heavy atom. The van der Waals surface area contributed by atoms with Gasteiger partial charge >= 0.3 is 0 Å². The van der Waals surface area contributed by atoms with Gasteiger partial charge in [0.25, 0.3) is 11.8 Å². The van der Waals surface area contributed by atoms with Gasteiger partial charge in [0.1, 0.15) is 0 Å². The van der Waals surface area contributed by atoms with Crippen molar-refractivity contribution in [2.75, 3.05) is 10.6 Å². The fourth-order valence-electron chi connectivity index (χ4n) is 3.17. The topological polar surface area (TPSA) is 76.0 Å². The largest absolute Gasteiger partial charge is 0.321 e. The minimum Gasteiger partial charge on any atom is -0.321 e. The first-order valence-electron chi connectivity index (χ1n) is 9.92. The van der Waals surface area contributed by atoms with Crippen LogP contribution in [0.1, 0.15) is 51.9 Å². The number of nitrogens with zero attached hydrogens (tertiary/aromatic N) is 2. The van der Waals surface area contributed by atoms with Crippen molar-refractivity contribution < 1.29 is 9.59 Å². The third kappa shape index (κ3) is 4.89. The summed E-state index contributed by atoms with van der Waals surface area (Å²) < 4.78 is 1.92. The van der Waals surface area contributed by atoms with Crippen molar-refractivity contribution in [3.63, 3.8) is 0 Å². The minimum absolute atomic E-state index is 0.303. The molecule has 0 bridgehead atoms. The van der Waals surface area contributed by atoms with E-state index >= 15 is 0 Å². The van der Waals surface area contributed by atoms with Gasteiger partial charge in [-0.3, -0.25) is 14.3 Å². The molecular weight excluding hydrogens is 400 g/mol. The maximum Gasteiger partial charge on any atom is 0.257 e. The maximum atomic E-state index is 13.0. The van der Waals surface area contributed by atoms with Crippen LogP contribution in [0.4, 0.5) is 11.4 Å². The summed E-state index contributed by atoms with van der Waals surface area (Å²) in [6, 6.07) is 13.5. The van der Waals surface area contributed by atoms with E-state index in [1.165, 1.54) is 0 Å². The molecule has 0 saturated carbocycles. The number of anilines is 2. The number of hydrogen-bond acceptors (Lipinski definition) is 3. The third-order valence-corrected chi connectivity index (χ3v) is 5.12. The number of aryl methyl sites for hydroxylation is 2. The van der Waals surface area contributed by atoms with Crippen molar-refractivity contribution in [2.24, 2.45) is 0 Å². The van der Waals surface area contributed by atoms with Gasteiger partial charge in [0.05, 0.1) is 28.3 Å². The van der Waals surface area contributed by atoms with Gasteiger partial charge in [0, 0.05) is 17.1 Å². The first-order chi connectivity index (χ1) is 14.4. The molecule has 0 aliphatic rings. The molecule has 0 saturated heterocycles. The van der Waals surface area contributed by atoms with Crippen LogP contribution in [0.2, 0.25) is 5.02 Å². The van der Waals surface area contributed by atoms with E-state index in [0.717, 1.165) is 30.8 Å². The molecule has 1 heterocycles. The molecule has 30 heavy (non-hydrogen) atoms. The van der Waals surface area contributed by atoms with E-state index in [2.05, 4.69) is 22.7 Å². The third-order valence-electron chi connectivity index (χ3n) is 4.87. The molecule has 3 aromatic rings. The number of carbonyl (C=O) groups is 2. The van der Waals surface area contributed by atoms with Crippen LogP contribution in [0.25, 0.3) is 0 Å². The summed E-state index contributed by atoms with van der Waals surface area (Å²) in [6.07, 6.45) is 2.09. The molecule has 2 N–H and O–H groups in total. The van der Waals surface area contributed by atoms with Crippen LogP contribution in [0.15, 0.2) is 48.5 Å². The highest BCUT2D eigenvalue weighted by atomic mass is 35.5. The standard InChI is InChI=1S/C23H25ClN4O2/c1-4-5-14-28-16(3)21(15(2)27-28)26-23(30)19-8-6-7-9-20(19)25-22(29)17-10-12-18(24)13-11-17/h6-13H,4-5,14H2,1-3H3,(H,25,29)(H,26,30). The lowest BCUT2D eigenvalue weighted by Gasteiger charge is -2.12. The molecule has 0 fully saturated rings. The normalized spacial score (nSPS) is 10.7. The number of carbonyl (C=O) groups excluding carboxylic acids is 2. The van der Waals surface area contributed by atoms with Crippen LogP contribution < -0.4 is 10.6 Å². The lowest BCUT2D eigenvalue weighted by molar-refractivity contribution is 0.102. The van der Waals surface area contributed by atoms with Crippen LogP contribution in [0.5, 0.6) is 0 Å². The lowest BCUT2D eigenvalue weighted by atomic mass is 10.1. The minimum atomic E-state index is -0.313. The van der Waals surface area contributed by atoms with Crippen LogP contribution in [0, 0.1) is 13.8 Å². The first kappa shape index (κ1) is 21.6. The summed E-state index contributed by atoms with van der Waals surface area (Å²) in [7, 11) is 0. The number of hydrogen-bond donors (Lipinski definition) is 2. The zero-order chi connectivity index (χ0) is 21.7. The van der Waals surface area contributed by atoms with Crippen LogP contribution in [-0.2, 0) is 6.54 Å². The highest BCUT2D eigenvalue weighted by molar-refractivity contribution is 6.30. The molecule has 2 aromatic carbocycles. The average Bonchev–Trinajstić information content (AvgIpc) is 3.00. The number of nitrogens with one attached hydrogen (secondary N) is 2. The Hall–Kier alpha value is -3.12. The zero-order valence-corrected chi connectivity index (χ0v) is 18.1. The monoisotopic (exact) mass is 424 g/mol. The molecule has 6 nitrogen and oxygen atoms in total. The highest BCUT2D eigenvalue weighted by Crippen LogP contribution is 2.23. The van der Waals surface area contributed by atoms with Gasteiger partial charge < -0.3 is 10.6 Å². The second-order valence-electron chi connectivity index (χ2n) is 7.08. The summed E-state index contributed by atoms with van der Waals surface area (Å²) in [4.78, 5) is 25.6. The van der Waals surface area contributed by atoms with E-state index in [0.29, 0.717) is 27.5 Å². The van der Waals surface area contributed by atoms with Gasteiger partial charge in [0.2, 0.25) is 0 Å². The predicted octanol–water partition coefficient (Wildman–Crippen LogP) is 5.46. The van der Waals surface area contributed by atoms with Crippen molar-refractivity contribution >= 4 is 34.8 Å². The summed E-state index contributed by atoms with van der Waals surface area (Å²) in [6.45, 7) is 6.76. The Morgan fingerprint density at radius 3 is 2.40 bits per heavy atom. The number of amides is 2. The van der Waals surface area contributed by atoms with Crippen LogP contribution in [-0.4, -0.2) is 21.6 Å². The molecule has 0 radical (unpaired) electrons. The van der Waals surface area contributed by atoms with Crippen molar-refractivity contribution in [3.8, 4) is 0 Å². The Bertz CT molecular complexity index is 1060. The van der Waals surface area contributed by atoms with Crippen LogP contribution >= 0.6 is 11.6 Å². The van der Waals surface area contributed by atoms with Gasteiger partial charge in [-0.2, -0.15) is 5.10 Å². The Kier molecular flexibility index (Phi) is 6.90. The SMILES string of the molecule is CCCCn1nc(C)c(NC(=O)c2ccccc2NC(=O)c2ccc(Cl)cc2)c1C. The Morgan fingerprint density at radius 2 is 1.70 bits per heavy atom. The zero-order valence-electron chi connectivity index (χ0n) is 17.3. The maximum absolute atomic E-state index is 13.0. The van der Waals surface area contributed by atoms with Gasteiger partial charge in [-0.05, 0) is 56.7 Å².